The Kier molecular flexibility index (Phi) is 8.76. The molecule has 0 radical (unpaired) electrons. The molecule has 33 heavy (non-hydrogen) atoms. The first-order valence-corrected chi connectivity index (χ1v) is 11.1. The zero-order chi connectivity index (χ0) is 25.9. The summed E-state index contributed by atoms with van der Waals surface area (Å²) in [7, 11) is 0. The van der Waals surface area contributed by atoms with Crippen LogP contribution in [0.25, 0.3) is 0 Å². The zero-order valence-electron chi connectivity index (χ0n) is 20.8. The molecular formula is C22H33BrN2O8. The Morgan fingerprint density at radius 1 is 0.848 bits per heavy atom. The minimum Gasteiger partial charge on any atom is -0.461 e. The summed E-state index contributed by atoms with van der Waals surface area (Å²) in [6.07, 6.45) is -1.92. The maximum atomic E-state index is 13.1. The van der Waals surface area contributed by atoms with Gasteiger partial charge >= 0.3 is 24.2 Å². The fourth-order valence-corrected chi connectivity index (χ4v) is 2.97. The molecule has 0 N–H and O–H groups in total. The van der Waals surface area contributed by atoms with Gasteiger partial charge in [-0.2, -0.15) is 4.90 Å². The van der Waals surface area contributed by atoms with E-state index in [1.54, 1.807) is 69.2 Å². The van der Waals surface area contributed by atoms with Crippen molar-refractivity contribution in [3.05, 3.63) is 16.4 Å². The number of halogens is 1. The minimum atomic E-state index is -1.11. The third kappa shape index (κ3) is 8.38. The highest BCUT2D eigenvalue weighted by atomic mass is 79.9. The van der Waals surface area contributed by atoms with Crippen molar-refractivity contribution >= 4 is 45.9 Å². The second-order valence-corrected chi connectivity index (χ2v) is 10.9. The summed E-state index contributed by atoms with van der Waals surface area (Å²) >= 11 is 3.24. The van der Waals surface area contributed by atoms with E-state index < -0.39 is 46.7 Å². The van der Waals surface area contributed by atoms with Crippen molar-refractivity contribution in [3.8, 4) is 0 Å². The Morgan fingerprint density at radius 2 is 1.27 bits per heavy atom. The summed E-state index contributed by atoms with van der Waals surface area (Å²) in [6, 6.07) is 0. The number of amides is 2. The van der Waals surface area contributed by atoms with E-state index in [-0.39, 0.29) is 16.8 Å². The highest BCUT2D eigenvalue weighted by Gasteiger charge is 2.40. The van der Waals surface area contributed by atoms with E-state index in [1.165, 1.54) is 6.20 Å². The van der Waals surface area contributed by atoms with E-state index in [9.17, 15) is 19.2 Å². The van der Waals surface area contributed by atoms with Crippen LogP contribution >= 0.6 is 15.9 Å². The molecular weight excluding hydrogens is 500 g/mol. The maximum absolute atomic E-state index is 13.1. The van der Waals surface area contributed by atoms with Gasteiger partial charge in [0.15, 0.2) is 5.69 Å². The first-order valence-electron chi connectivity index (χ1n) is 10.3. The Hall–Kier alpha value is -2.56. The number of rotatable bonds is 3. The molecule has 11 heteroatoms. The highest BCUT2D eigenvalue weighted by molar-refractivity contribution is 9.10. The molecule has 0 saturated heterocycles. The van der Waals surface area contributed by atoms with Crippen LogP contribution in [0.15, 0.2) is 10.7 Å². The number of aromatic nitrogens is 1. The third-order valence-corrected chi connectivity index (χ3v) is 3.95. The summed E-state index contributed by atoms with van der Waals surface area (Å²) in [5.74, 6) is -0.957. The van der Waals surface area contributed by atoms with E-state index >= 15 is 0 Å². The van der Waals surface area contributed by atoms with Crippen LogP contribution in [0.1, 0.15) is 79.7 Å². The Morgan fingerprint density at radius 3 is 1.64 bits per heavy atom. The molecule has 0 fully saturated rings. The molecule has 1 rings (SSSR count). The number of imide groups is 1. The number of carbonyl (C=O) groups is 4. The van der Waals surface area contributed by atoms with E-state index in [1.807, 2.05) is 0 Å². The molecule has 0 aromatic carbocycles. The standard InChI is InChI=1S/C22H33BrN2O8/c1-11-30-16(26)15-14(13(23)12-24(15)17(27)31-20(2,3)4)25(18(28)32-21(5,6)7)19(29)33-22(8,9)10/h12H,11H2,1-10H3. The summed E-state index contributed by atoms with van der Waals surface area (Å²) < 4.78 is 22.1. The molecule has 0 saturated carbocycles. The van der Waals surface area contributed by atoms with E-state index in [0.717, 1.165) is 4.57 Å². The van der Waals surface area contributed by atoms with Crippen molar-refractivity contribution in [2.24, 2.45) is 0 Å². The lowest BCUT2D eigenvalue weighted by Crippen LogP contribution is -2.44. The monoisotopic (exact) mass is 532 g/mol. The van der Waals surface area contributed by atoms with Crippen LogP contribution < -0.4 is 4.90 Å². The van der Waals surface area contributed by atoms with Crippen LogP contribution in [-0.4, -0.2) is 52.2 Å². The van der Waals surface area contributed by atoms with Crippen LogP contribution in [0, 0.1) is 0 Å². The molecule has 0 atom stereocenters. The van der Waals surface area contributed by atoms with Gasteiger partial charge in [0.25, 0.3) is 0 Å². The van der Waals surface area contributed by atoms with Gasteiger partial charge in [-0.3, -0.25) is 0 Å². The number of nitrogens with zero attached hydrogens (tertiary/aromatic N) is 2. The molecule has 0 spiro atoms. The second-order valence-electron chi connectivity index (χ2n) is 10.0. The molecule has 1 aromatic heterocycles. The van der Waals surface area contributed by atoms with Gasteiger partial charge in [-0.15, -0.1) is 0 Å². The number of hydrogen-bond donors (Lipinski definition) is 0. The summed E-state index contributed by atoms with van der Waals surface area (Å²) in [5, 5.41) is 0. The van der Waals surface area contributed by atoms with Gasteiger partial charge in [0.2, 0.25) is 0 Å². The van der Waals surface area contributed by atoms with Crippen LogP contribution in [0.4, 0.5) is 20.1 Å². The molecule has 0 bridgehead atoms. The van der Waals surface area contributed by atoms with Gasteiger partial charge < -0.3 is 18.9 Å². The van der Waals surface area contributed by atoms with Crippen molar-refractivity contribution in [1.82, 2.24) is 4.57 Å². The van der Waals surface area contributed by atoms with E-state index in [4.69, 9.17) is 18.9 Å². The van der Waals surface area contributed by atoms with Gasteiger partial charge in [-0.1, -0.05) is 0 Å². The minimum absolute atomic E-state index is 0.0196. The van der Waals surface area contributed by atoms with Gasteiger partial charge in [-0.25, -0.2) is 23.7 Å². The van der Waals surface area contributed by atoms with Crippen molar-refractivity contribution < 1.29 is 38.1 Å². The lowest BCUT2D eigenvalue weighted by Gasteiger charge is -2.29. The zero-order valence-corrected chi connectivity index (χ0v) is 22.4. The smallest absolute Gasteiger partial charge is 0.424 e. The van der Waals surface area contributed by atoms with Crippen molar-refractivity contribution in [2.75, 3.05) is 11.5 Å². The van der Waals surface area contributed by atoms with Crippen LogP contribution in [0.5, 0.6) is 0 Å². The number of ether oxygens (including phenoxy) is 4. The first kappa shape index (κ1) is 28.5. The average molecular weight is 533 g/mol. The predicted molar refractivity (Wildman–Crippen MR) is 125 cm³/mol. The van der Waals surface area contributed by atoms with Crippen molar-refractivity contribution in [2.45, 2.75) is 86.0 Å². The van der Waals surface area contributed by atoms with Crippen LogP contribution in [-0.2, 0) is 18.9 Å². The van der Waals surface area contributed by atoms with Gasteiger partial charge in [0.1, 0.15) is 22.5 Å². The van der Waals surface area contributed by atoms with Gasteiger partial charge in [0, 0.05) is 6.20 Å². The third-order valence-electron chi connectivity index (χ3n) is 3.37. The largest absolute Gasteiger partial charge is 0.461 e. The number of esters is 1. The predicted octanol–water partition coefficient (Wildman–Crippen LogP) is 5.89. The Labute approximate surface area is 202 Å². The van der Waals surface area contributed by atoms with Gasteiger partial charge in [0.05, 0.1) is 11.1 Å². The van der Waals surface area contributed by atoms with Crippen LogP contribution in [0.2, 0.25) is 0 Å². The molecule has 0 aliphatic heterocycles. The molecule has 0 aliphatic rings. The summed E-state index contributed by atoms with van der Waals surface area (Å²) in [6.45, 7) is 16.2. The number of anilines is 1. The fraction of sp³-hybridized carbons (Fsp3) is 0.636. The number of carbonyl (C=O) groups excluding carboxylic acids is 4. The van der Waals surface area contributed by atoms with Gasteiger partial charge in [-0.05, 0) is 85.2 Å². The molecule has 1 heterocycles. The lowest BCUT2D eigenvalue weighted by atomic mass is 10.2. The quantitative estimate of drug-likeness (QED) is 0.349. The summed E-state index contributed by atoms with van der Waals surface area (Å²) in [5.41, 5.74) is -3.50. The van der Waals surface area contributed by atoms with E-state index in [2.05, 4.69) is 15.9 Å². The van der Waals surface area contributed by atoms with Crippen molar-refractivity contribution in [1.29, 1.82) is 0 Å². The number of hydrogen-bond acceptors (Lipinski definition) is 8. The molecule has 0 aliphatic carbocycles. The summed E-state index contributed by atoms with van der Waals surface area (Å²) in [4.78, 5) is 52.4. The average Bonchev–Trinajstić information content (AvgIpc) is 2.88. The van der Waals surface area contributed by atoms with Crippen LogP contribution in [0.3, 0.4) is 0 Å². The second kappa shape index (κ2) is 10.1. The normalized spacial score (nSPS) is 12.1. The maximum Gasteiger partial charge on any atom is 0.424 e. The SMILES string of the molecule is CCOC(=O)c1c(N(C(=O)OC(C)(C)C)C(=O)OC(C)(C)C)c(Br)cn1C(=O)OC(C)(C)C. The lowest BCUT2D eigenvalue weighted by molar-refractivity contribution is 0.0418. The molecule has 10 nitrogen and oxygen atoms in total. The molecule has 2 amide bonds. The highest BCUT2D eigenvalue weighted by Crippen LogP contribution is 2.36. The molecule has 1 aromatic rings. The Bertz CT molecular complexity index is 889. The van der Waals surface area contributed by atoms with Crippen molar-refractivity contribution in [3.63, 3.8) is 0 Å². The Balaban J connectivity index is 3.80. The van der Waals surface area contributed by atoms with E-state index in [0.29, 0.717) is 4.90 Å². The first-order chi connectivity index (χ1) is 14.8. The molecule has 186 valence electrons. The topological polar surface area (TPSA) is 113 Å². The molecule has 0 unspecified atom stereocenters. The fourth-order valence-electron chi connectivity index (χ4n) is 2.40.